The largest absolute Gasteiger partial charge is 0.507 e. The van der Waals surface area contributed by atoms with Gasteiger partial charge in [0.25, 0.3) is 0 Å². The highest BCUT2D eigenvalue weighted by Crippen LogP contribution is 2.20. The molecule has 114 valence electrons. The molecule has 0 saturated carbocycles. The van der Waals surface area contributed by atoms with Crippen LogP contribution >= 0.6 is 0 Å². The van der Waals surface area contributed by atoms with Crippen LogP contribution < -0.4 is 5.14 Å². The summed E-state index contributed by atoms with van der Waals surface area (Å²) in [6, 6.07) is 10.1. The average molecular weight is 319 g/mol. The third-order valence-corrected chi connectivity index (χ3v) is 3.86. The first-order valence-electron chi connectivity index (χ1n) is 6.14. The van der Waals surface area contributed by atoms with E-state index in [-0.39, 0.29) is 16.2 Å². The fourth-order valence-corrected chi connectivity index (χ4v) is 2.31. The van der Waals surface area contributed by atoms with Gasteiger partial charge in [0.05, 0.1) is 4.90 Å². The van der Waals surface area contributed by atoms with Crippen LogP contribution in [0.5, 0.6) is 5.75 Å². The maximum atomic E-state index is 11.1. The SMILES string of the molecule is NS(=O)(=O)c1ccc(/C=C/c2ccc(O)c(C(=O)O)c2)cc1. The first-order valence-corrected chi connectivity index (χ1v) is 7.69. The minimum Gasteiger partial charge on any atom is -0.507 e. The molecule has 7 heteroatoms. The van der Waals surface area contributed by atoms with Gasteiger partial charge in [-0.05, 0) is 35.4 Å². The highest BCUT2D eigenvalue weighted by molar-refractivity contribution is 7.89. The van der Waals surface area contributed by atoms with E-state index in [1.807, 2.05) is 0 Å². The fraction of sp³-hybridized carbons (Fsp3) is 0. The number of benzene rings is 2. The fourth-order valence-electron chi connectivity index (χ4n) is 1.79. The maximum Gasteiger partial charge on any atom is 0.339 e. The molecule has 0 atom stereocenters. The van der Waals surface area contributed by atoms with Gasteiger partial charge in [0, 0.05) is 0 Å². The van der Waals surface area contributed by atoms with Crippen LogP contribution in [0.2, 0.25) is 0 Å². The molecule has 0 radical (unpaired) electrons. The molecule has 0 heterocycles. The summed E-state index contributed by atoms with van der Waals surface area (Å²) in [5, 5.41) is 23.4. The van der Waals surface area contributed by atoms with Gasteiger partial charge in [-0.1, -0.05) is 30.4 Å². The van der Waals surface area contributed by atoms with Crippen molar-refractivity contribution in [1.29, 1.82) is 0 Å². The van der Waals surface area contributed by atoms with Crippen LogP contribution in [0, 0.1) is 0 Å². The lowest BCUT2D eigenvalue weighted by atomic mass is 10.1. The van der Waals surface area contributed by atoms with Gasteiger partial charge in [-0.2, -0.15) is 0 Å². The van der Waals surface area contributed by atoms with E-state index >= 15 is 0 Å². The molecule has 0 unspecified atom stereocenters. The second kappa shape index (κ2) is 6.00. The van der Waals surface area contributed by atoms with Gasteiger partial charge >= 0.3 is 5.97 Å². The number of hydrogen-bond donors (Lipinski definition) is 3. The Kier molecular flexibility index (Phi) is 4.30. The van der Waals surface area contributed by atoms with Gasteiger partial charge < -0.3 is 10.2 Å². The topological polar surface area (TPSA) is 118 Å². The summed E-state index contributed by atoms with van der Waals surface area (Å²) in [5.74, 6) is -1.52. The minimum absolute atomic E-state index is 0.0162. The van der Waals surface area contributed by atoms with E-state index in [0.29, 0.717) is 5.56 Å². The van der Waals surface area contributed by atoms with Gasteiger partial charge in [0.15, 0.2) is 0 Å². The molecule has 2 aromatic carbocycles. The number of hydrogen-bond acceptors (Lipinski definition) is 4. The van der Waals surface area contributed by atoms with Crippen LogP contribution in [-0.2, 0) is 10.0 Å². The van der Waals surface area contributed by atoms with E-state index in [9.17, 15) is 18.3 Å². The van der Waals surface area contributed by atoms with Crippen molar-refractivity contribution in [2.24, 2.45) is 5.14 Å². The van der Waals surface area contributed by atoms with Crippen molar-refractivity contribution in [3.8, 4) is 5.75 Å². The zero-order chi connectivity index (χ0) is 16.3. The van der Waals surface area contributed by atoms with Crippen LogP contribution in [0.3, 0.4) is 0 Å². The van der Waals surface area contributed by atoms with Crippen LogP contribution in [0.25, 0.3) is 12.2 Å². The van der Waals surface area contributed by atoms with E-state index in [1.165, 1.54) is 24.3 Å². The average Bonchev–Trinajstić information content (AvgIpc) is 2.45. The second-order valence-electron chi connectivity index (χ2n) is 4.53. The number of rotatable bonds is 4. The van der Waals surface area contributed by atoms with Crippen molar-refractivity contribution < 1.29 is 23.4 Å². The number of carboxylic acid groups (broad SMARTS) is 1. The molecular formula is C15H13NO5S. The number of nitrogens with two attached hydrogens (primary N) is 1. The Bertz CT molecular complexity index is 839. The smallest absolute Gasteiger partial charge is 0.339 e. The van der Waals surface area contributed by atoms with Crippen LogP contribution in [0.1, 0.15) is 21.5 Å². The summed E-state index contributed by atoms with van der Waals surface area (Å²) in [5.41, 5.74) is 1.12. The first-order chi connectivity index (χ1) is 10.3. The lowest BCUT2D eigenvalue weighted by Gasteiger charge is -2.01. The van der Waals surface area contributed by atoms with Crippen LogP contribution in [-0.4, -0.2) is 24.6 Å². The van der Waals surface area contributed by atoms with E-state index in [1.54, 1.807) is 30.4 Å². The molecule has 0 aliphatic rings. The summed E-state index contributed by atoms with van der Waals surface area (Å²) in [6.07, 6.45) is 3.34. The molecule has 0 fully saturated rings. The molecule has 0 aliphatic carbocycles. The number of phenols is 1. The minimum atomic E-state index is -3.72. The molecule has 0 amide bonds. The van der Waals surface area contributed by atoms with Crippen molar-refractivity contribution in [3.05, 3.63) is 59.2 Å². The molecule has 4 N–H and O–H groups in total. The standard InChI is InChI=1S/C15H13NO5S/c16-22(20,21)12-6-3-10(4-7-12)1-2-11-5-8-14(17)13(9-11)15(18)19/h1-9,17H,(H,18,19)(H2,16,20,21)/b2-1+. The van der Waals surface area contributed by atoms with Crippen molar-refractivity contribution in [2.45, 2.75) is 4.90 Å². The second-order valence-corrected chi connectivity index (χ2v) is 6.09. The highest BCUT2D eigenvalue weighted by Gasteiger charge is 2.09. The predicted molar refractivity (Wildman–Crippen MR) is 81.8 cm³/mol. The van der Waals surface area contributed by atoms with Crippen LogP contribution in [0.15, 0.2) is 47.4 Å². The van der Waals surface area contributed by atoms with Crippen molar-refractivity contribution in [3.63, 3.8) is 0 Å². The number of aromatic hydroxyl groups is 1. The van der Waals surface area contributed by atoms with Crippen molar-refractivity contribution in [2.75, 3.05) is 0 Å². The van der Waals surface area contributed by atoms with Crippen molar-refractivity contribution >= 4 is 28.1 Å². The Morgan fingerprint density at radius 1 is 1.00 bits per heavy atom. The molecule has 0 bridgehead atoms. The normalized spacial score (nSPS) is 11.7. The van der Waals surface area contributed by atoms with E-state index < -0.39 is 16.0 Å². The molecule has 0 aromatic heterocycles. The van der Waals surface area contributed by atoms with Crippen LogP contribution in [0.4, 0.5) is 0 Å². The monoisotopic (exact) mass is 319 g/mol. The third kappa shape index (κ3) is 3.72. The third-order valence-electron chi connectivity index (χ3n) is 2.93. The summed E-state index contributed by atoms with van der Waals surface area (Å²) >= 11 is 0. The zero-order valence-electron chi connectivity index (χ0n) is 11.3. The Hall–Kier alpha value is -2.64. The molecule has 0 saturated heterocycles. The van der Waals surface area contributed by atoms with Gasteiger partial charge in [-0.25, -0.2) is 18.4 Å². The first kappa shape index (κ1) is 15.7. The predicted octanol–water partition coefficient (Wildman–Crippen LogP) is 1.91. The molecule has 22 heavy (non-hydrogen) atoms. The number of aromatic carboxylic acids is 1. The van der Waals surface area contributed by atoms with E-state index in [4.69, 9.17) is 10.2 Å². The van der Waals surface area contributed by atoms with Gasteiger partial charge in [0.1, 0.15) is 11.3 Å². The molecule has 0 spiro atoms. The summed E-state index contributed by atoms with van der Waals surface area (Å²) < 4.78 is 22.3. The van der Waals surface area contributed by atoms with Crippen molar-refractivity contribution in [1.82, 2.24) is 0 Å². The lowest BCUT2D eigenvalue weighted by Crippen LogP contribution is -2.11. The van der Waals surface area contributed by atoms with E-state index in [2.05, 4.69) is 0 Å². The Balaban J connectivity index is 2.25. The van der Waals surface area contributed by atoms with Gasteiger partial charge in [-0.3, -0.25) is 0 Å². The summed E-state index contributed by atoms with van der Waals surface area (Å²) in [6.45, 7) is 0. The van der Waals surface area contributed by atoms with E-state index in [0.717, 1.165) is 5.56 Å². The number of carbonyl (C=O) groups is 1. The molecule has 2 rings (SSSR count). The molecule has 0 aliphatic heterocycles. The molecule has 2 aromatic rings. The lowest BCUT2D eigenvalue weighted by molar-refractivity contribution is 0.0693. The Labute approximate surface area is 127 Å². The molecular weight excluding hydrogens is 306 g/mol. The van der Waals surface area contributed by atoms with Gasteiger partial charge in [0.2, 0.25) is 10.0 Å². The zero-order valence-corrected chi connectivity index (χ0v) is 12.1. The summed E-state index contributed by atoms with van der Waals surface area (Å²) in [7, 11) is -3.72. The number of carboxylic acids is 1. The maximum absolute atomic E-state index is 11.1. The Morgan fingerprint density at radius 3 is 2.09 bits per heavy atom. The quantitative estimate of drug-likeness (QED) is 0.744. The molecule has 6 nitrogen and oxygen atoms in total. The number of primary sulfonamides is 1. The number of sulfonamides is 1. The van der Waals surface area contributed by atoms with Gasteiger partial charge in [-0.15, -0.1) is 0 Å². The summed E-state index contributed by atoms with van der Waals surface area (Å²) in [4.78, 5) is 10.9. The Morgan fingerprint density at radius 2 is 1.55 bits per heavy atom. The highest BCUT2D eigenvalue weighted by atomic mass is 32.2.